The molecule has 0 rings (SSSR count). The Morgan fingerprint density at radius 3 is 2.55 bits per heavy atom. The van der Waals surface area contributed by atoms with Gasteiger partial charge in [0.25, 0.3) is 0 Å². The molecule has 0 aromatic rings. The summed E-state index contributed by atoms with van der Waals surface area (Å²) in [5, 5.41) is 2.11. The number of carbonyl (C=O) groups excluding carboxylic acids is 1. The molecular weight excluding hydrogens is 139 g/mol. The molecular formula is C7H15BN2O. The maximum Gasteiger partial charge on any atom is 0.226 e. The van der Waals surface area contributed by atoms with Gasteiger partial charge in [-0.15, -0.1) is 0 Å². The van der Waals surface area contributed by atoms with Crippen molar-refractivity contribution in [3.05, 3.63) is 0 Å². The average molecular weight is 154 g/mol. The second-order valence-corrected chi connectivity index (χ2v) is 2.44. The minimum absolute atomic E-state index is 0.125. The minimum atomic E-state index is -0.125. The van der Waals surface area contributed by atoms with Crippen molar-refractivity contribution in [2.24, 2.45) is 0 Å². The Morgan fingerprint density at radius 2 is 2.18 bits per heavy atom. The van der Waals surface area contributed by atoms with Crippen molar-refractivity contribution in [1.29, 1.82) is 0 Å². The minimum Gasteiger partial charge on any atom is -0.408 e. The van der Waals surface area contributed by atoms with Gasteiger partial charge in [0, 0.05) is 0 Å². The van der Waals surface area contributed by atoms with Crippen molar-refractivity contribution in [1.82, 2.24) is 10.1 Å². The Morgan fingerprint density at radius 1 is 1.55 bits per heavy atom. The maximum atomic E-state index is 10.8. The fourth-order valence-corrected chi connectivity index (χ4v) is 0.914. The van der Waals surface area contributed by atoms with E-state index in [2.05, 4.69) is 12.2 Å². The summed E-state index contributed by atoms with van der Waals surface area (Å²) in [5.74, 6) is -0.125. The van der Waals surface area contributed by atoms with E-state index in [1.54, 1.807) is 0 Å². The zero-order valence-electron chi connectivity index (χ0n) is 7.26. The summed E-state index contributed by atoms with van der Waals surface area (Å²) < 4.78 is 0. The van der Waals surface area contributed by atoms with E-state index in [1.807, 2.05) is 11.8 Å². The molecule has 0 aliphatic rings. The van der Waals surface area contributed by atoms with Gasteiger partial charge in [0.2, 0.25) is 13.9 Å². The topological polar surface area (TPSA) is 32.3 Å². The number of hydrogen-bond donors (Lipinski definition) is 1. The van der Waals surface area contributed by atoms with Crippen LogP contribution in [0.25, 0.3) is 0 Å². The summed E-state index contributed by atoms with van der Waals surface area (Å²) >= 11 is 0. The predicted octanol–water partition coefficient (Wildman–Crippen LogP) is -0.0820. The molecule has 0 aromatic heterocycles. The van der Waals surface area contributed by atoms with Crippen LogP contribution in [0.15, 0.2) is 0 Å². The van der Waals surface area contributed by atoms with Crippen LogP contribution in [-0.2, 0) is 4.79 Å². The van der Waals surface area contributed by atoms with E-state index in [4.69, 9.17) is 7.98 Å². The molecule has 0 saturated carbocycles. The van der Waals surface area contributed by atoms with Crippen LogP contribution in [-0.4, -0.2) is 38.4 Å². The first-order chi connectivity index (χ1) is 5.24. The van der Waals surface area contributed by atoms with Crippen molar-refractivity contribution in [3.8, 4) is 0 Å². The lowest BCUT2D eigenvalue weighted by Gasteiger charge is -2.17. The molecule has 0 bridgehead atoms. The second-order valence-electron chi connectivity index (χ2n) is 2.44. The molecule has 4 heteroatoms. The third kappa shape index (κ3) is 4.84. The molecule has 0 aromatic carbocycles. The van der Waals surface area contributed by atoms with Gasteiger partial charge in [0.1, 0.15) is 0 Å². The molecule has 0 heterocycles. The molecule has 62 valence electrons. The van der Waals surface area contributed by atoms with Crippen LogP contribution in [0.4, 0.5) is 0 Å². The standard InChI is InChI=1S/C7H15BN2O/c1-3-5-10(4-2)6-7(11)9-8/h3-6H2,1-2H3,(H,9,11). The van der Waals surface area contributed by atoms with Gasteiger partial charge in [-0.2, -0.15) is 0 Å². The Labute approximate surface area is 69.6 Å². The molecule has 0 aliphatic heterocycles. The van der Waals surface area contributed by atoms with Gasteiger partial charge < -0.3 is 5.23 Å². The molecule has 0 atom stereocenters. The van der Waals surface area contributed by atoms with Gasteiger partial charge in [0.15, 0.2) is 0 Å². The normalized spacial score (nSPS) is 10.1. The van der Waals surface area contributed by atoms with Crippen LogP contribution < -0.4 is 5.23 Å². The fraction of sp³-hybridized carbons (Fsp3) is 0.857. The van der Waals surface area contributed by atoms with E-state index >= 15 is 0 Å². The lowest BCUT2D eigenvalue weighted by Crippen LogP contribution is -2.36. The van der Waals surface area contributed by atoms with Gasteiger partial charge in [-0.25, -0.2) is 0 Å². The number of nitrogens with zero attached hydrogens (tertiary/aromatic N) is 1. The molecule has 1 N–H and O–H groups in total. The Hall–Kier alpha value is -0.505. The van der Waals surface area contributed by atoms with Crippen LogP contribution >= 0.6 is 0 Å². The first kappa shape index (κ1) is 10.5. The Bertz CT molecular complexity index is 119. The zero-order chi connectivity index (χ0) is 8.69. The first-order valence-corrected chi connectivity index (χ1v) is 3.96. The van der Waals surface area contributed by atoms with E-state index < -0.39 is 0 Å². The zero-order valence-corrected chi connectivity index (χ0v) is 7.26. The number of nitrogens with one attached hydrogen (secondary N) is 1. The molecule has 1 amide bonds. The third-order valence-electron chi connectivity index (χ3n) is 1.52. The summed E-state index contributed by atoms with van der Waals surface area (Å²) in [7, 11) is 4.94. The number of rotatable bonds is 5. The maximum absolute atomic E-state index is 10.8. The highest BCUT2D eigenvalue weighted by molar-refractivity contribution is 6.14. The van der Waals surface area contributed by atoms with Crippen LogP contribution in [0.1, 0.15) is 20.3 Å². The SMILES string of the molecule is [B]NC(=O)CN(CC)CCC. The second kappa shape index (κ2) is 6.22. The number of likely N-dealkylation sites (N-methyl/N-ethyl adjacent to an activating group) is 1. The molecule has 0 saturated heterocycles. The van der Waals surface area contributed by atoms with Crippen molar-refractivity contribution in [2.45, 2.75) is 20.3 Å². The highest BCUT2D eigenvalue weighted by Crippen LogP contribution is 1.89. The lowest BCUT2D eigenvalue weighted by molar-refractivity contribution is -0.120. The highest BCUT2D eigenvalue weighted by atomic mass is 16.1. The highest BCUT2D eigenvalue weighted by Gasteiger charge is 2.04. The largest absolute Gasteiger partial charge is 0.408 e. The van der Waals surface area contributed by atoms with Gasteiger partial charge >= 0.3 is 0 Å². The Kier molecular flexibility index (Phi) is 5.94. The van der Waals surface area contributed by atoms with E-state index in [0.717, 1.165) is 19.5 Å². The van der Waals surface area contributed by atoms with Crippen LogP contribution in [0.3, 0.4) is 0 Å². The van der Waals surface area contributed by atoms with Crippen molar-refractivity contribution in [3.63, 3.8) is 0 Å². The molecule has 0 spiro atoms. The number of carbonyl (C=O) groups is 1. The summed E-state index contributed by atoms with van der Waals surface area (Å²) in [6, 6.07) is 0. The van der Waals surface area contributed by atoms with Crippen molar-refractivity contribution in [2.75, 3.05) is 19.6 Å². The van der Waals surface area contributed by atoms with Crippen LogP contribution in [0.5, 0.6) is 0 Å². The Balaban J connectivity index is 3.58. The lowest BCUT2D eigenvalue weighted by atomic mass is 10.3. The number of hydrogen-bond acceptors (Lipinski definition) is 2. The summed E-state index contributed by atoms with van der Waals surface area (Å²) in [6.45, 7) is 6.36. The van der Waals surface area contributed by atoms with Crippen molar-refractivity contribution >= 4 is 13.9 Å². The van der Waals surface area contributed by atoms with Gasteiger partial charge in [-0.05, 0) is 19.5 Å². The third-order valence-corrected chi connectivity index (χ3v) is 1.52. The van der Waals surface area contributed by atoms with Crippen molar-refractivity contribution < 1.29 is 4.79 Å². The predicted molar refractivity (Wildman–Crippen MR) is 46.3 cm³/mol. The summed E-state index contributed by atoms with van der Waals surface area (Å²) in [6.07, 6.45) is 1.06. The number of amides is 1. The molecule has 2 radical (unpaired) electrons. The molecule has 0 unspecified atom stereocenters. The summed E-state index contributed by atoms with van der Waals surface area (Å²) in [5.41, 5.74) is 0. The fourth-order valence-electron chi connectivity index (χ4n) is 0.914. The molecule has 3 nitrogen and oxygen atoms in total. The first-order valence-electron chi connectivity index (χ1n) is 3.96. The smallest absolute Gasteiger partial charge is 0.226 e. The van der Waals surface area contributed by atoms with E-state index in [9.17, 15) is 4.79 Å². The molecule has 0 fully saturated rings. The van der Waals surface area contributed by atoms with E-state index in [1.165, 1.54) is 0 Å². The van der Waals surface area contributed by atoms with E-state index in [0.29, 0.717) is 6.54 Å². The van der Waals surface area contributed by atoms with Crippen LogP contribution in [0.2, 0.25) is 0 Å². The quantitative estimate of drug-likeness (QED) is 0.561. The molecule has 0 aliphatic carbocycles. The summed E-state index contributed by atoms with van der Waals surface area (Å²) in [4.78, 5) is 12.8. The monoisotopic (exact) mass is 154 g/mol. The van der Waals surface area contributed by atoms with E-state index in [-0.39, 0.29) is 5.91 Å². The van der Waals surface area contributed by atoms with Crippen LogP contribution in [0, 0.1) is 0 Å². The van der Waals surface area contributed by atoms with Gasteiger partial charge in [-0.3, -0.25) is 9.69 Å². The van der Waals surface area contributed by atoms with Gasteiger partial charge in [-0.1, -0.05) is 13.8 Å². The molecule has 11 heavy (non-hydrogen) atoms. The average Bonchev–Trinajstić information content (AvgIpc) is 2.03. The van der Waals surface area contributed by atoms with Gasteiger partial charge in [0.05, 0.1) is 6.54 Å².